The molecule has 0 fully saturated rings. The van der Waals surface area contributed by atoms with Gasteiger partial charge in [-0.05, 0) is 0 Å². The standard InChI is InChI=1S/C5H4N4O2.3CH3.Sn/c10-3-1-4(11)9-5(8-3)6-2-7-9;;;;/h1-2,11H,(H,6,7,8,10);3*1H3;. The molecule has 0 unspecified atom stereocenters. The summed E-state index contributed by atoms with van der Waals surface area (Å²) in [6, 6.07) is 1.03. The molecule has 2 heterocycles. The first-order valence-corrected chi connectivity index (χ1v) is 13.0. The van der Waals surface area contributed by atoms with Crippen molar-refractivity contribution in [2.45, 2.75) is 14.8 Å². The summed E-state index contributed by atoms with van der Waals surface area (Å²) in [6.07, 6.45) is 1.24. The van der Waals surface area contributed by atoms with Gasteiger partial charge < -0.3 is 5.11 Å². The number of aromatic nitrogens is 4. The Morgan fingerprint density at radius 2 is 2.07 bits per heavy atom. The summed E-state index contributed by atoms with van der Waals surface area (Å²) in [7, 11) is 0. The zero-order valence-electron chi connectivity index (χ0n) is 8.85. The van der Waals surface area contributed by atoms with E-state index in [1.54, 1.807) is 0 Å². The summed E-state index contributed by atoms with van der Waals surface area (Å²) in [4.78, 5) is 23.9. The van der Waals surface area contributed by atoms with Crippen LogP contribution < -0.4 is 5.56 Å². The summed E-state index contributed by atoms with van der Waals surface area (Å²) >= 11 is -0.543. The Morgan fingerprint density at radius 3 is 2.67 bits per heavy atom. The number of aromatic amines is 1. The fourth-order valence-electron chi connectivity index (χ4n) is 0.819. The summed E-state index contributed by atoms with van der Waals surface area (Å²) in [5.74, 6) is 0.0104. The minimum atomic E-state index is -0.543. The van der Waals surface area contributed by atoms with E-state index in [2.05, 4.69) is 29.9 Å². The Bertz CT molecular complexity index is 488. The number of fused-ring (bicyclic) bond motifs is 1. The maximum atomic E-state index is 10.7. The van der Waals surface area contributed by atoms with Crippen molar-refractivity contribution in [2.24, 2.45) is 0 Å². The van der Waals surface area contributed by atoms with Crippen LogP contribution >= 0.6 is 0 Å². The average Bonchev–Trinajstić information content (AvgIpc) is 2.50. The van der Waals surface area contributed by atoms with Crippen molar-refractivity contribution < 1.29 is 5.11 Å². The predicted molar refractivity (Wildman–Crippen MR) is 58.6 cm³/mol. The van der Waals surface area contributed by atoms with Crippen molar-refractivity contribution >= 4 is 25.5 Å². The van der Waals surface area contributed by atoms with Crippen LogP contribution in [0.15, 0.2) is 17.2 Å². The molecule has 0 aliphatic carbocycles. The molecule has 1 radical (unpaired) electrons. The molecule has 0 saturated heterocycles. The molecule has 0 aromatic carbocycles. The van der Waals surface area contributed by atoms with Gasteiger partial charge in [-0.25, -0.2) is 0 Å². The molecule has 6 nitrogen and oxygen atoms in total. The van der Waals surface area contributed by atoms with Gasteiger partial charge >= 0.3 is 34.6 Å². The number of rotatable bonds is 0. The molecule has 0 spiro atoms. The molecule has 15 heavy (non-hydrogen) atoms. The van der Waals surface area contributed by atoms with Gasteiger partial charge in [0, 0.05) is 0 Å². The van der Waals surface area contributed by atoms with Crippen LogP contribution in [0.3, 0.4) is 0 Å². The van der Waals surface area contributed by atoms with Gasteiger partial charge in [0.2, 0.25) is 11.7 Å². The first-order valence-electron chi connectivity index (χ1n) is 4.39. The third-order valence-electron chi connectivity index (χ3n) is 1.26. The third-order valence-corrected chi connectivity index (χ3v) is 1.26. The monoisotopic (exact) mass is 317 g/mol. The van der Waals surface area contributed by atoms with Gasteiger partial charge in [0.1, 0.15) is 6.33 Å². The second-order valence-corrected chi connectivity index (χ2v) is 12.0. The van der Waals surface area contributed by atoms with Crippen molar-refractivity contribution in [3.63, 3.8) is 0 Å². The second kappa shape index (κ2) is 5.15. The molecule has 81 valence electrons. The van der Waals surface area contributed by atoms with Crippen molar-refractivity contribution in [3.05, 3.63) is 22.7 Å². The fourth-order valence-corrected chi connectivity index (χ4v) is 0.819. The normalized spacial score (nSPS) is 10.1. The Kier molecular flexibility index (Phi) is 4.13. The molecule has 2 N–H and O–H groups in total. The van der Waals surface area contributed by atoms with Crippen molar-refractivity contribution in [1.29, 1.82) is 0 Å². The SMILES string of the molecule is O=c1cc(O)n2ncnc2[nH]1.[CH3][Sn]([CH3])[CH3]. The molecule has 0 amide bonds. The first kappa shape index (κ1) is 12.0. The Hall–Kier alpha value is -1.05. The van der Waals surface area contributed by atoms with Crippen LogP contribution in [-0.2, 0) is 0 Å². The molecule has 2 aromatic heterocycles. The van der Waals surface area contributed by atoms with Gasteiger partial charge in [-0.1, -0.05) is 0 Å². The zero-order chi connectivity index (χ0) is 11.4. The van der Waals surface area contributed by atoms with E-state index >= 15 is 0 Å². The second-order valence-electron chi connectivity index (χ2n) is 3.49. The van der Waals surface area contributed by atoms with E-state index in [-0.39, 0.29) is 11.7 Å². The quantitative estimate of drug-likeness (QED) is 0.693. The molecule has 0 bridgehead atoms. The Balaban J connectivity index is 0.000000245. The van der Waals surface area contributed by atoms with E-state index in [0.717, 1.165) is 10.6 Å². The van der Waals surface area contributed by atoms with E-state index in [9.17, 15) is 4.79 Å². The molecule has 2 rings (SSSR count). The van der Waals surface area contributed by atoms with E-state index < -0.39 is 25.3 Å². The average molecular weight is 316 g/mol. The fraction of sp³-hybridized carbons (Fsp3) is 0.375. The number of hydrogen-bond donors (Lipinski definition) is 2. The first-order chi connectivity index (χ1) is 7.00. The van der Waals surface area contributed by atoms with Gasteiger partial charge in [-0.15, -0.1) is 0 Å². The molecule has 0 atom stereocenters. The summed E-state index contributed by atoms with van der Waals surface area (Å²) in [5, 5.41) is 12.7. The van der Waals surface area contributed by atoms with Gasteiger partial charge in [0.15, 0.2) is 0 Å². The van der Waals surface area contributed by atoms with Crippen molar-refractivity contribution in [2.75, 3.05) is 0 Å². The molecule has 0 aliphatic rings. The number of aromatic hydroxyl groups is 1. The van der Waals surface area contributed by atoms with Crippen molar-refractivity contribution in [1.82, 2.24) is 19.6 Å². The third kappa shape index (κ3) is 3.54. The Labute approximate surface area is 93.7 Å². The Morgan fingerprint density at radius 1 is 1.47 bits per heavy atom. The van der Waals surface area contributed by atoms with Crippen LogP contribution in [0.25, 0.3) is 5.78 Å². The van der Waals surface area contributed by atoms with Crippen LogP contribution in [0.1, 0.15) is 0 Å². The molecule has 0 saturated carbocycles. The number of nitrogens with one attached hydrogen (secondary N) is 1. The molecular formula is C8H13N4O2Sn. The molecule has 0 aliphatic heterocycles. The van der Waals surface area contributed by atoms with Gasteiger partial charge in [0.05, 0.1) is 6.07 Å². The summed E-state index contributed by atoms with van der Waals surface area (Å²) < 4.78 is 1.13. The minimum absolute atomic E-state index is 0.221. The number of hydrogen-bond acceptors (Lipinski definition) is 4. The summed E-state index contributed by atoms with van der Waals surface area (Å²) in [6.45, 7) is 0. The van der Waals surface area contributed by atoms with Gasteiger partial charge in [-0.2, -0.15) is 14.6 Å². The van der Waals surface area contributed by atoms with Crippen LogP contribution in [0, 0.1) is 0 Å². The molecular weight excluding hydrogens is 303 g/mol. The van der Waals surface area contributed by atoms with Crippen molar-refractivity contribution in [3.8, 4) is 5.88 Å². The van der Waals surface area contributed by atoms with Crippen LogP contribution in [0.2, 0.25) is 14.8 Å². The predicted octanol–water partition coefficient (Wildman–Crippen LogP) is 0.494. The zero-order valence-corrected chi connectivity index (χ0v) is 11.7. The van der Waals surface area contributed by atoms with E-state index in [0.29, 0.717) is 0 Å². The van der Waals surface area contributed by atoms with E-state index in [1.807, 2.05) is 0 Å². The van der Waals surface area contributed by atoms with Gasteiger partial charge in [0.25, 0.3) is 5.56 Å². The summed E-state index contributed by atoms with van der Waals surface area (Å²) in [5.41, 5.74) is -0.400. The number of H-pyrrole nitrogens is 1. The molecule has 7 heteroatoms. The van der Waals surface area contributed by atoms with Crippen LogP contribution in [-0.4, -0.2) is 44.4 Å². The van der Waals surface area contributed by atoms with E-state index in [4.69, 9.17) is 5.11 Å². The van der Waals surface area contributed by atoms with Crippen LogP contribution in [0.4, 0.5) is 0 Å². The topological polar surface area (TPSA) is 83.3 Å². The molecule has 2 aromatic rings. The van der Waals surface area contributed by atoms with E-state index in [1.165, 1.54) is 6.33 Å². The van der Waals surface area contributed by atoms with Crippen LogP contribution in [0.5, 0.6) is 5.88 Å². The maximum absolute atomic E-state index is 10.7. The number of nitrogens with zero attached hydrogens (tertiary/aromatic N) is 3. The van der Waals surface area contributed by atoms with Gasteiger partial charge in [-0.3, -0.25) is 9.78 Å².